The number of hydrogen-bond acceptors (Lipinski definition) is 2. The molecule has 2 aromatic rings. The summed E-state index contributed by atoms with van der Waals surface area (Å²) in [5, 5.41) is 0. The molecule has 84 valence electrons. The second-order valence-corrected chi connectivity index (χ2v) is 5.37. The van der Waals surface area contributed by atoms with E-state index >= 15 is 0 Å². The lowest BCUT2D eigenvalue weighted by Crippen LogP contribution is -2.00. The van der Waals surface area contributed by atoms with Gasteiger partial charge in [-0.25, -0.2) is 13.3 Å². The predicted molar refractivity (Wildman–Crippen MR) is 64.6 cm³/mol. The van der Waals surface area contributed by atoms with E-state index in [0.717, 1.165) is 0 Å². The Hall–Kier alpha value is -2.12. The largest absolute Gasteiger partial charge is 0.238 e. The Morgan fingerprint density at radius 3 is 1.88 bits per heavy atom. The minimum Gasteiger partial charge on any atom is -0.238 e. The summed E-state index contributed by atoms with van der Waals surface area (Å²) in [4.78, 5) is 3.69. The molecule has 4 heteroatoms. The molecule has 3 nitrogen and oxygen atoms in total. The van der Waals surface area contributed by atoms with Gasteiger partial charge in [0.1, 0.15) is 0 Å². The first-order chi connectivity index (χ1) is 8.14. The second-order valence-electron chi connectivity index (χ2n) is 3.42. The number of hydrogen-bond donors (Lipinski definition) is 0. The van der Waals surface area contributed by atoms with Crippen molar-refractivity contribution in [3.8, 4) is 0 Å². The van der Waals surface area contributed by atoms with Gasteiger partial charge in [-0.15, -0.1) is 0 Å². The molecule has 2 rings (SSSR count). The maximum atomic E-state index is 12.2. The third-order valence-corrected chi connectivity index (χ3v) is 4.12. The normalized spacial score (nSPS) is 10.8. The van der Waals surface area contributed by atoms with Gasteiger partial charge in [-0.05, 0) is 12.1 Å². The average molecular weight is 243 g/mol. The third kappa shape index (κ3) is 2.19. The highest BCUT2D eigenvalue weighted by Gasteiger charge is 2.16. The van der Waals surface area contributed by atoms with E-state index in [1.807, 2.05) is 0 Å². The van der Waals surface area contributed by atoms with Gasteiger partial charge < -0.3 is 0 Å². The molecule has 0 aliphatic carbocycles. The first kappa shape index (κ1) is 11.4. The number of nitrogens with zero attached hydrogens (tertiary/aromatic N) is 1. The summed E-state index contributed by atoms with van der Waals surface area (Å²) in [6.45, 7) is 6.81. The molecule has 0 aliphatic heterocycles. The van der Waals surface area contributed by atoms with Gasteiger partial charge in [0.25, 0.3) is 0 Å². The van der Waals surface area contributed by atoms with Crippen LogP contribution < -0.4 is 0 Å². The minimum absolute atomic E-state index is 0.205. The quantitative estimate of drug-likeness (QED) is 0.760. The van der Waals surface area contributed by atoms with Gasteiger partial charge >= 0.3 is 0 Å². The molecule has 0 aromatic heterocycles. The SMILES string of the molecule is [C-]#[N+]c1ccc(S(=O)(=O)c2ccccc2)cc1. The van der Waals surface area contributed by atoms with Gasteiger partial charge in [-0.1, -0.05) is 42.5 Å². The van der Waals surface area contributed by atoms with Gasteiger partial charge in [0.15, 0.2) is 5.69 Å². The van der Waals surface area contributed by atoms with E-state index in [1.54, 1.807) is 30.3 Å². The van der Waals surface area contributed by atoms with Crippen LogP contribution in [0.2, 0.25) is 0 Å². The standard InChI is InChI=1S/C13H9NO2S/c1-14-11-7-9-13(10-8-11)17(15,16)12-5-3-2-4-6-12/h2-10H. The first-order valence-corrected chi connectivity index (χ1v) is 6.40. The van der Waals surface area contributed by atoms with E-state index in [-0.39, 0.29) is 9.79 Å². The molecule has 0 aliphatic rings. The summed E-state index contributed by atoms with van der Waals surface area (Å²) in [7, 11) is -3.47. The van der Waals surface area contributed by atoms with Crippen LogP contribution in [0.25, 0.3) is 4.85 Å². The van der Waals surface area contributed by atoms with Crippen LogP contribution in [0.5, 0.6) is 0 Å². The summed E-state index contributed by atoms with van der Waals surface area (Å²) in [6, 6.07) is 14.1. The summed E-state index contributed by atoms with van der Waals surface area (Å²) in [5.41, 5.74) is 0.428. The van der Waals surface area contributed by atoms with Crippen LogP contribution in [0, 0.1) is 6.57 Å². The van der Waals surface area contributed by atoms with Crippen molar-refractivity contribution in [1.82, 2.24) is 0 Å². The van der Waals surface area contributed by atoms with Crippen LogP contribution in [0.4, 0.5) is 5.69 Å². The zero-order chi connectivity index (χ0) is 12.3. The molecule has 0 saturated carbocycles. The summed E-state index contributed by atoms with van der Waals surface area (Å²) >= 11 is 0. The molecule has 0 heterocycles. The smallest absolute Gasteiger partial charge is 0.206 e. The summed E-state index contributed by atoms with van der Waals surface area (Å²) < 4.78 is 24.3. The molecule has 0 saturated heterocycles. The third-order valence-electron chi connectivity index (χ3n) is 2.33. The fourth-order valence-electron chi connectivity index (χ4n) is 1.44. The molecule has 0 fully saturated rings. The Labute approximate surface area is 100 Å². The van der Waals surface area contributed by atoms with Gasteiger partial charge in [-0.3, -0.25) is 0 Å². The highest BCUT2D eigenvalue weighted by Crippen LogP contribution is 2.22. The fraction of sp³-hybridized carbons (Fsp3) is 0. The van der Waals surface area contributed by atoms with E-state index in [9.17, 15) is 8.42 Å². The number of sulfone groups is 1. The van der Waals surface area contributed by atoms with Crippen LogP contribution in [0.1, 0.15) is 0 Å². The molecule has 2 aromatic carbocycles. The Morgan fingerprint density at radius 2 is 1.35 bits per heavy atom. The molecule has 0 atom stereocenters. The Morgan fingerprint density at radius 1 is 0.824 bits per heavy atom. The van der Waals surface area contributed by atoms with E-state index in [4.69, 9.17) is 6.57 Å². The van der Waals surface area contributed by atoms with Crippen molar-refractivity contribution in [1.29, 1.82) is 0 Å². The Kier molecular flexibility index (Phi) is 2.94. The van der Waals surface area contributed by atoms with Crippen molar-refractivity contribution in [3.05, 3.63) is 66.0 Å². The minimum atomic E-state index is -3.47. The van der Waals surface area contributed by atoms with Crippen LogP contribution in [0.15, 0.2) is 64.4 Å². The van der Waals surface area contributed by atoms with Crippen molar-refractivity contribution in [3.63, 3.8) is 0 Å². The fourth-order valence-corrected chi connectivity index (χ4v) is 2.72. The molecule has 0 N–H and O–H groups in total. The first-order valence-electron chi connectivity index (χ1n) is 4.92. The van der Waals surface area contributed by atoms with Crippen LogP contribution in [-0.4, -0.2) is 8.42 Å². The molecule has 0 radical (unpaired) electrons. The van der Waals surface area contributed by atoms with Crippen LogP contribution >= 0.6 is 0 Å². The number of benzene rings is 2. The number of rotatable bonds is 2. The molecule has 17 heavy (non-hydrogen) atoms. The van der Waals surface area contributed by atoms with Crippen LogP contribution in [-0.2, 0) is 9.84 Å². The average Bonchev–Trinajstić information content (AvgIpc) is 2.40. The molecular weight excluding hydrogens is 234 g/mol. The predicted octanol–water partition coefficient (Wildman–Crippen LogP) is 3.07. The van der Waals surface area contributed by atoms with Crippen molar-refractivity contribution in [2.75, 3.05) is 0 Å². The van der Waals surface area contributed by atoms with Crippen molar-refractivity contribution in [2.24, 2.45) is 0 Å². The van der Waals surface area contributed by atoms with E-state index in [0.29, 0.717) is 5.69 Å². The maximum Gasteiger partial charge on any atom is 0.206 e. The molecule has 0 bridgehead atoms. The van der Waals surface area contributed by atoms with Gasteiger partial charge in [-0.2, -0.15) is 0 Å². The highest BCUT2D eigenvalue weighted by molar-refractivity contribution is 7.91. The topological polar surface area (TPSA) is 38.5 Å². The van der Waals surface area contributed by atoms with Crippen molar-refractivity contribution in [2.45, 2.75) is 9.79 Å². The zero-order valence-corrected chi connectivity index (χ0v) is 9.68. The molecule has 0 amide bonds. The molecular formula is C13H9NO2S. The van der Waals surface area contributed by atoms with Gasteiger partial charge in [0.2, 0.25) is 9.84 Å². The van der Waals surface area contributed by atoms with E-state index in [2.05, 4.69) is 4.85 Å². The molecule has 0 spiro atoms. The second kappa shape index (κ2) is 4.40. The molecule has 0 unspecified atom stereocenters. The van der Waals surface area contributed by atoms with Gasteiger partial charge in [0.05, 0.1) is 16.4 Å². The van der Waals surface area contributed by atoms with Crippen molar-refractivity contribution >= 4 is 15.5 Å². The van der Waals surface area contributed by atoms with Crippen molar-refractivity contribution < 1.29 is 8.42 Å². The lowest BCUT2D eigenvalue weighted by Gasteiger charge is -2.04. The Balaban J connectivity index is 2.50. The Bertz CT molecular complexity index is 653. The summed E-state index contributed by atoms with van der Waals surface area (Å²) in [5.74, 6) is 0. The lowest BCUT2D eigenvalue weighted by molar-refractivity contribution is 0.596. The monoisotopic (exact) mass is 243 g/mol. The van der Waals surface area contributed by atoms with E-state index < -0.39 is 9.84 Å². The summed E-state index contributed by atoms with van der Waals surface area (Å²) in [6.07, 6.45) is 0. The van der Waals surface area contributed by atoms with Gasteiger partial charge in [0, 0.05) is 0 Å². The van der Waals surface area contributed by atoms with E-state index in [1.165, 1.54) is 24.3 Å². The lowest BCUT2D eigenvalue weighted by atomic mass is 10.3. The van der Waals surface area contributed by atoms with Crippen LogP contribution in [0.3, 0.4) is 0 Å². The maximum absolute atomic E-state index is 12.2. The zero-order valence-electron chi connectivity index (χ0n) is 8.87. The highest BCUT2D eigenvalue weighted by atomic mass is 32.2.